The van der Waals surface area contributed by atoms with Crippen molar-refractivity contribution >= 4 is 0 Å². The Hall–Kier alpha value is -1.09. The van der Waals surface area contributed by atoms with E-state index in [4.69, 9.17) is 4.74 Å². The summed E-state index contributed by atoms with van der Waals surface area (Å²) in [6.07, 6.45) is 1.03. The van der Waals surface area contributed by atoms with Crippen LogP contribution in [0.25, 0.3) is 0 Å². The maximum atomic E-state index is 5.61. The minimum Gasteiger partial charge on any atom is -0.478 e. The SMILES string of the molecule is CC(C)c1cccc(OCCCN(C)C)n1. The second-order valence-corrected chi connectivity index (χ2v) is 4.56. The lowest BCUT2D eigenvalue weighted by molar-refractivity contribution is 0.272. The second kappa shape index (κ2) is 6.48. The molecule has 0 saturated carbocycles. The minimum atomic E-state index is 0.449. The summed E-state index contributed by atoms with van der Waals surface area (Å²) in [5, 5.41) is 0. The summed E-state index contributed by atoms with van der Waals surface area (Å²) in [5.41, 5.74) is 1.09. The van der Waals surface area contributed by atoms with Gasteiger partial charge in [0.1, 0.15) is 0 Å². The lowest BCUT2D eigenvalue weighted by Crippen LogP contribution is -2.15. The highest BCUT2D eigenvalue weighted by molar-refractivity contribution is 5.17. The Bertz CT molecular complexity index is 311. The van der Waals surface area contributed by atoms with E-state index in [1.54, 1.807) is 0 Å². The van der Waals surface area contributed by atoms with E-state index in [-0.39, 0.29) is 0 Å². The van der Waals surface area contributed by atoms with E-state index >= 15 is 0 Å². The van der Waals surface area contributed by atoms with E-state index in [1.165, 1.54) is 0 Å². The Kier molecular flexibility index (Phi) is 5.26. The van der Waals surface area contributed by atoms with Crippen LogP contribution in [0.2, 0.25) is 0 Å². The molecule has 0 radical (unpaired) electrons. The zero-order valence-corrected chi connectivity index (χ0v) is 10.7. The lowest BCUT2D eigenvalue weighted by Gasteiger charge is -2.11. The summed E-state index contributed by atoms with van der Waals surface area (Å²) >= 11 is 0. The molecule has 0 saturated heterocycles. The maximum absolute atomic E-state index is 5.61. The van der Waals surface area contributed by atoms with Crippen LogP contribution < -0.4 is 4.74 Å². The third-order valence-corrected chi connectivity index (χ3v) is 2.34. The Morgan fingerprint density at radius 3 is 2.69 bits per heavy atom. The van der Waals surface area contributed by atoms with Crippen molar-refractivity contribution in [2.45, 2.75) is 26.2 Å². The average molecular weight is 222 g/mol. The van der Waals surface area contributed by atoms with Crippen molar-refractivity contribution in [2.75, 3.05) is 27.2 Å². The first kappa shape index (κ1) is 13.0. The second-order valence-electron chi connectivity index (χ2n) is 4.56. The molecule has 0 aliphatic heterocycles. The average Bonchev–Trinajstić information content (AvgIpc) is 2.24. The van der Waals surface area contributed by atoms with Gasteiger partial charge < -0.3 is 9.64 Å². The fraction of sp³-hybridized carbons (Fsp3) is 0.615. The van der Waals surface area contributed by atoms with Crippen molar-refractivity contribution in [3.05, 3.63) is 23.9 Å². The molecular weight excluding hydrogens is 200 g/mol. The van der Waals surface area contributed by atoms with Crippen LogP contribution in [0.5, 0.6) is 5.88 Å². The molecule has 90 valence electrons. The number of rotatable bonds is 6. The number of hydrogen-bond donors (Lipinski definition) is 0. The van der Waals surface area contributed by atoms with Gasteiger partial charge in [0.25, 0.3) is 0 Å². The summed E-state index contributed by atoms with van der Waals surface area (Å²) in [6, 6.07) is 5.96. The normalized spacial score (nSPS) is 11.1. The summed E-state index contributed by atoms with van der Waals surface area (Å²) in [5.74, 6) is 1.19. The van der Waals surface area contributed by atoms with E-state index in [1.807, 2.05) is 18.2 Å². The molecule has 0 bridgehead atoms. The van der Waals surface area contributed by atoms with Gasteiger partial charge in [0.2, 0.25) is 5.88 Å². The number of nitrogens with zero attached hydrogens (tertiary/aromatic N) is 2. The van der Waals surface area contributed by atoms with E-state index in [0.717, 1.165) is 31.1 Å². The maximum Gasteiger partial charge on any atom is 0.213 e. The Morgan fingerprint density at radius 1 is 1.31 bits per heavy atom. The molecule has 0 spiro atoms. The van der Waals surface area contributed by atoms with Gasteiger partial charge in [0.05, 0.1) is 6.61 Å². The van der Waals surface area contributed by atoms with Crippen molar-refractivity contribution in [1.29, 1.82) is 0 Å². The van der Waals surface area contributed by atoms with Crippen LogP contribution >= 0.6 is 0 Å². The highest BCUT2D eigenvalue weighted by Crippen LogP contribution is 2.15. The molecule has 16 heavy (non-hydrogen) atoms. The van der Waals surface area contributed by atoms with Gasteiger partial charge in [0, 0.05) is 18.3 Å². The van der Waals surface area contributed by atoms with E-state index < -0.39 is 0 Å². The first-order valence-corrected chi connectivity index (χ1v) is 5.84. The predicted molar refractivity (Wildman–Crippen MR) is 67.0 cm³/mol. The van der Waals surface area contributed by atoms with Crippen LogP contribution in [0.1, 0.15) is 31.9 Å². The fourth-order valence-electron chi connectivity index (χ4n) is 1.39. The fourth-order valence-corrected chi connectivity index (χ4v) is 1.39. The summed E-state index contributed by atoms with van der Waals surface area (Å²) in [6.45, 7) is 6.05. The summed E-state index contributed by atoms with van der Waals surface area (Å²) < 4.78 is 5.61. The van der Waals surface area contributed by atoms with Crippen LogP contribution in [0, 0.1) is 0 Å². The summed E-state index contributed by atoms with van der Waals surface area (Å²) in [4.78, 5) is 6.61. The molecule has 1 rings (SSSR count). The van der Waals surface area contributed by atoms with Crippen molar-refractivity contribution < 1.29 is 4.74 Å². The predicted octanol–water partition coefficient (Wildman–Crippen LogP) is 2.54. The van der Waals surface area contributed by atoms with Gasteiger partial charge in [-0.1, -0.05) is 19.9 Å². The van der Waals surface area contributed by atoms with Crippen LogP contribution in [0.4, 0.5) is 0 Å². The van der Waals surface area contributed by atoms with Gasteiger partial charge in [-0.2, -0.15) is 0 Å². The molecule has 1 heterocycles. The van der Waals surface area contributed by atoms with Crippen LogP contribution in [-0.2, 0) is 0 Å². The zero-order valence-electron chi connectivity index (χ0n) is 10.7. The molecule has 0 atom stereocenters. The van der Waals surface area contributed by atoms with Gasteiger partial charge in [-0.15, -0.1) is 0 Å². The molecule has 0 aromatic carbocycles. The quantitative estimate of drug-likeness (QED) is 0.692. The molecule has 1 aromatic rings. The smallest absolute Gasteiger partial charge is 0.213 e. The van der Waals surface area contributed by atoms with Gasteiger partial charge >= 0.3 is 0 Å². The van der Waals surface area contributed by atoms with Crippen molar-refractivity contribution in [3.63, 3.8) is 0 Å². The van der Waals surface area contributed by atoms with Gasteiger partial charge in [-0.05, 0) is 32.5 Å². The first-order valence-electron chi connectivity index (χ1n) is 5.84. The Morgan fingerprint density at radius 2 is 2.06 bits per heavy atom. The van der Waals surface area contributed by atoms with Crippen LogP contribution in [0.15, 0.2) is 18.2 Å². The Balaban J connectivity index is 2.39. The monoisotopic (exact) mass is 222 g/mol. The van der Waals surface area contributed by atoms with Crippen LogP contribution in [-0.4, -0.2) is 37.1 Å². The molecular formula is C13H22N2O. The molecule has 0 amide bonds. The molecule has 0 N–H and O–H groups in total. The largest absolute Gasteiger partial charge is 0.478 e. The van der Waals surface area contributed by atoms with Crippen molar-refractivity contribution in [2.24, 2.45) is 0 Å². The molecule has 1 aromatic heterocycles. The molecule has 0 fully saturated rings. The van der Waals surface area contributed by atoms with Gasteiger partial charge in [0.15, 0.2) is 0 Å². The van der Waals surface area contributed by atoms with Crippen molar-refractivity contribution in [1.82, 2.24) is 9.88 Å². The van der Waals surface area contributed by atoms with Crippen LogP contribution in [0.3, 0.4) is 0 Å². The third-order valence-electron chi connectivity index (χ3n) is 2.34. The minimum absolute atomic E-state index is 0.449. The highest BCUT2D eigenvalue weighted by atomic mass is 16.5. The molecule has 3 nitrogen and oxygen atoms in total. The molecule has 0 aliphatic carbocycles. The third kappa shape index (κ3) is 4.62. The van der Waals surface area contributed by atoms with E-state index in [0.29, 0.717) is 5.92 Å². The van der Waals surface area contributed by atoms with Crippen molar-refractivity contribution in [3.8, 4) is 5.88 Å². The van der Waals surface area contributed by atoms with E-state index in [2.05, 4.69) is 37.8 Å². The number of ether oxygens (including phenoxy) is 1. The van der Waals surface area contributed by atoms with Gasteiger partial charge in [-0.3, -0.25) is 0 Å². The first-order chi connectivity index (χ1) is 7.59. The zero-order chi connectivity index (χ0) is 12.0. The standard InChI is InChI=1S/C13H22N2O/c1-11(2)12-7-5-8-13(14-12)16-10-6-9-15(3)4/h5,7-8,11H,6,9-10H2,1-4H3. The number of pyridine rings is 1. The summed E-state index contributed by atoms with van der Waals surface area (Å²) in [7, 11) is 4.13. The molecule has 3 heteroatoms. The lowest BCUT2D eigenvalue weighted by atomic mass is 10.1. The highest BCUT2D eigenvalue weighted by Gasteiger charge is 2.02. The number of aromatic nitrogens is 1. The number of hydrogen-bond acceptors (Lipinski definition) is 3. The Labute approximate surface area is 98.4 Å². The van der Waals surface area contributed by atoms with Gasteiger partial charge in [-0.25, -0.2) is 4.98 Å². The van der Waals surface area contributed by atoms with E-state index in [9.17, 15) is 0 Å². The topological polar surface area (TPSA) is 25.4 Å². The molecule has 0 aliphatic rings. The molecule has 0 unspecified atom stereocenters.